The SMILES string of the molecule is CC([C@H](CCOCc1ccccc1)O[Si](C)(C)C(C)(C)C)[C@H]1C[C@@](C#N)(C[C@H]2C[C@H](C[C@H]3C[C@H](C[C@]4(C#N)C[C@H](/C=C/[C@H](C)[C@@H](OCc5ccccc5)C(C)C)OC(C)(C)O4)OC(C)(C)O3)OC(C)(C)O2)OC(C)(C)O1. The normalized spacial score (nSPS) is 31.2. The molecule has 14 heteroatoms. The molecule has 0 amide bonds. The van der Waals surface area contributed by atoms with Gasteiger partial charge in [-0.15, -0.1) is 0 Å². The average Bonchev–Trinajstić information content (AvgIpc) is 3.29. The van der Waals surface area contributed by atoms with E-state index in [1.54, 1.807) is 0 Å². The minimum atomic E-state index is -2.23. The summed E-state index contributed by atoms with van der Waals surface area (Å²) in [6.07, 6.45) is 5.74. The fraction of sp³-hybridized carbons (Fsp3) is 0.742. The molecular weight excluding hydrogens is 977 g/mol. The molecule has 12 atom stereocenters. The molecule has 0 N–H and O–H groups in total. The van der Waals surface area contributed by atoms with Crippen LogP contribution in [0.25, 0.3) is 0 Å². The maximum atomic E-state index is 11.2. The van der Waals surface area contributed by atoms with Gasteiger partial charge in [0.05, 0.1) is 74.2 Å². The Bertz CT molecular complexity index is 2250. The van der Waals surface area contributed by atoms with Crippen molar-refractivity contribution in [2.75, 3.05) is 6.61 Å². The molecule has 4 saturated heterocycles. The highest BCUT2D eigenvalue weighted by atomic mass is 28.4. The number of nitriles is 2. The summed E-state index contributed by atoms with van der Waals surface area (Å²) in [6, 6.07) is 25.7. The van der Waals surface area contributed by atoms with E-state index in [2.05, 4.69) is 110 Å². The summed E-state index contributed by atoms with van der Waals surface area (Å²) in [6.45, 7) is 36.9. The molecule has 0 radical (unpaired) electrons. The van der Waals surface area contributed by atoms with Crippen LogP contribution < -0.4 is 0 Å². The second kappa shape index (κ2) is 25.2. The molecule has 0 spiro atoms. The number of nitrogens with zero attached hydrogens (tertiary/aromatic N) is 2. The van der Waals surface area contributed by atoms with Gasteiger partial charge in [0.2, 0.25) is 0 Å². The molecule has 2 aromatic carbocycles. The van der Waals surface area contributed by atoms with E-state index in [1.165, 1.54) is 0 Å². The second-order valence-corrected chi connectivity index (χ2v) is 30.9. The van der Waals surface area contributed by atoms with Crippen LogP contribution in [0.5, 0.6) is 0 Å². The van der Waals surface area contributed by atoms with E-state index in [9.17, 15) is 10.5 Å². The van der Waals surface area contributed by atoms with Gasteiger partial charge in [-0.2, -0.15) is 10.5 Å². The lowest BCUT2D eigenvalue weighted by Gasteiger charge is -2.51. The Morgan fingerprint density at radius 2 is 1.14 bits per heavy atom. The van der Waals surface area contributed by atoms with Crippen LogP contribution in [-0.4, -0.2) is 98.1 Å². The number of benzene rings is 2. The lowest BCUT2D eigenvalue weighted by atomic mass is 9.81. The first kappa shape index (κ1) is 62.1. The van der Waals surface area contributed by atoms with Gasteiger partial charge >= 0.3 is 0 Å². The topological polar surface area (TPSA) is 149 Å². The zero-order chi connectivity index (χ0) is 56.0. The van der Waals surface area contributed by atoms with Crippen molar-refractivity contribution in [3.8, 4) is 12.1 Å². The van der Waals surface area contributed by atoms with E-state index in [-0.39, 0.29) is 71.6 Å². The van der Waals surface area contributed by atoms with E-state index in [1.807, 2.05) is 91.8 Å². The molecule has 4 heterocycles. The minimum absolute atomic E-state index is 0.00852. The lowest BCUT2D eigenvalue weighted by Crippen LogP contribution is -2.58. The summed E-state index contributed by atoms with van der Waals surface area (Å²) in [4.78, 5) is 0. The Kier molecular flexibility index (Phi) is 20.6. The van der Waals surface area contributed by atoms with Crippen LogP contribution in [0.3, 0.4) is 0 Å². The molecule has 0 bridgehead atoms. The van der Waals surface area contributed by atoms with Gasteiger partial charge in [-0.1, -0.05) is 121 Å². The molecule has 0 saturated carbocycles. The smallest absolute Gasteiger partial charge is 0.192 e. The highest BCUT2D eigenvalue weighted by Gasteiger charge is 2.54. The van der Waals surface area contributed by atoms with Crippen LogP contribution in [0.4, 0.5) is 0 Å². The first-order chi connectivity index (χ1) is 35.3. The predicted molar refractivity (Wildman–Crippen MR) is 297 cm³/mol. The quantitative estimate of drug-likeness (QED) is 0.0626. The van der Waals surface area contributed by atoms with Gasteiger partial charge in [-0.25, -0.2) is 0 Å². The van der Waals surface area contributed by atoms with Gasteiger partial charge in [0.1, 0.15) is 0 Å². The summed E-state index contributed by atoms with van der Waals surface area (Å²) in [5, 5.41) is 22.2. The highest BCUT2D eigenvalue weighted by molar-refractivity contribution is 6.74. The molecule has 0 aliphatic carbocycles. The van der Waals surface area contributed by atoms with Gasteiger partial charge in [-0.3, -0.25) is 0 Å². The summed E-state index contributed by atoms with van der Waals surface area (Å²) >= 11 is 0. The van der Waals surface area contributed by atoms with Crippen LogP contribution in [0, 0.1) is 40.4 Å². The molecule has 0 aromatic heterocycles. The zero-order valence-corrected chi connectivity index (χ0v) is 50.4. The van der Waals surface area contributed by atoms with Crippen molar-refractivity contribution in [1.29, 1.82) is 10.5 Å². The maximum Gasteiger partial charge on any atom is 0.192 e. The molecule has 13 nitrogen and oxygen atoms in total. The fourth-order valence-corrected chi connectivity index (χ4v) is 13.2. The molecule has 4 fully saturated rings. The third kappa shape index (κ3) is 17.7. The molecule has 1 unspecified atom stereocenters. The predicted octanol–water partition coefficient (Wildman–Crippen LogP) is 13.7. The van der Waals surface area contributed by atoms with E-state index >= 15 is 0 Å². The van der Waals surface area contributed by atoms with Crippen molar-refractivity contribution >= 4 is 8.32 Å². The molecule has 6 rings (SSSR count). The number of ether oxygens (including phenoxy) is 10. The van der Waals surface area contributed by atoms with Gasteiger partial charge < -0.3 is 51.8 Å². The number of rotatable bonds is 22. The van der Waals surface area contributed by atoms with Gasteiger partial charge in [-0.05, 0) is 97.0 Å². The summed E-state index contributed by atoms with van der Waals surface area (Å²) < 4.78 is 73.0. The first-order valence-corrected chi connectivity index (χ1v) is 31.2. The van der Waals surface area contributed by atoms with E-state index in [0.29, 0.717) is 71.2 Å². The monoisotopic (exact) mass is 1070 g/mol. The average molecular weight is 1070 g/mol. The molecular formula is C62H96N2O11Si. The Morgan fingerprint density at radius 1 is 0.658 bits per heavy atom. The Labute approximate surface area is 459 Å². The molecule has 4 aliphatic heterocycles. The Balaban J connectivity index is 1.12. The third-order valence-corrected chi connectivity index (χ3v) is 20.4. The number of hydrogen-bond acceptors (Lipinski definition) is 13. The number of hydrogen-bond donors (Lipinski definition) is 0. The molecule has 2 aromatic rings. The van der Waals surface area contributed by atoms with E-state index in [0.717, 1.165) is 11.1 Å². The van der Waals surface area contributed by atoms with Gasteiger partial charge in [0.15, 0.2) is 42.7 Å². The van der Waals surface area contributed by atoms with E-state index < -0.39 is 42.7 Å². The van der Waals surface area contributed by atoms with Crippen molar-refractivity contribution in [3.63, 3.8) is 0 Å². The Hall–Kier alpha value is -3.06. The van der Waals surface area contributed by atoms with Crippen LogP contribution in [0.1, 0.15) is 166 Å². The van der Waals surface area contributed by atoms with Crippen LogP contribution >= 0.6 is 0 Å². The van der Waals surface area contributed by atoms with Crippen molar-refractivity contribution in [2.24, 2.45) is 17.8 Å². The fourth-order valence-electron chi connectivity index (χ4n) is 11.7. The van der Waals surface area contributed by atoms with Crippen LogP contribution in [0.15, 0.2) is 72.8 Å². The molecule has 4 aliphatic rings. The van der Waals surface area contributed by atoms with Crippen molar-refractivity contribution < 1.29 is 51.8 Å². The van der Waals surface area contributed by atoms with E-state index in [4.69, 9.17) is 51.8 Å². The molecule has 76 heavy (non-hydrogen) atoms. The third-order valence-electron chi connectivity index (χ3n) is 15.9. The summed E-state index contributed by atoms with van der Waals surface area (Å²) in [7, 11) is -2.23. The summed E-state index contributed by atoms with van der Waals surface area (Å²) in [5.41, 5.74) is -0.128. The minimum Gasteiger partial charge on any atom is -0.413 e. The van der Waals surface area contributed by atoms with Gasteiger partial charge in [0.25, 0.3) is 0 Å². The Morgan fingerprint density at radius 3 is 1.64 bits per heavy atom. The first-order valence-electron chi connectivity index (χ1n) is 28.3. The second-order valence-electron chi connectivity index (χ2n) is 26.2. The molecule has 424 valence electrons. The largest absolute Gasteiger partial charge is 0.413 e. The summed E-state index contributed by atoms with van der Waals surface area (Å²) in [5.74, 6) is -3.66. The van der Waals surface area contributed by atoms with Gasteiger partial charge in [0, 0.05) is 63.4 Å². The van der Waals surface area contributed by atoms with Crippen molar-refractivity contribution in [3.05, 3.63) is 83.9 Å². The zero-order valence-electron chi connectivity index (χ0n) is 49.4. The van der Waals surface area contributed by atoms with Crippen LogP contribution in [0.2, 0.25) is 18.1 Å². The van der Waals surface area contributed by atoms with Crippen LogP contribution in [-0.2, 0) is 65.0 Å². The van der Waals surface area contributed by atoms with Crippen molar-refractivity contribution in [2.45, 2.75) is 270 Å². The lowest BCUT2D eigenvalue weighted by molar-refractivity contribution is -0.350. The van der Waals surface area contributed by atoms with Crippen molar-refractivity contribution in [1.82, 2.24) is 0 Å². The standard InChI is InChI=1S/C62H96N2O11Si/c1-43(2)55(66-40-47-26-22-19-23-27-47)44(3)28-29-48-35-61(41-63,74-59(12,13)67-48)36-51-33-49(68-57(8,9)70-51)32-50-34-52(71-58(10,11)69-50)37-62(42-64)38-54(72-60(14,15)75-62)45(4)53(73-76(16,17)56(5,6)7)30-31-65-39-46-24-20-18-21-25-46/h18-29,43-45,48-55H,30-40H2,1-17H3/b29-28+/t44-,45?,48-,49-,50-,51+,52+,53-,54+,55-,61-,62+/m0/s1. The maximum absolute atomic E-state index is 11.2. The highest BCUT2D eigenvalue weighted by Crippen LogP contribution is 2.47.